The molecule has 19 nitrogen and oxygen atoms in total. The van der Waals surface area contributed by atoms with Crippen LogP contribution in [-0.2, 0) is 51.1 Å². The number of hydrogen-bond donors (Lipinski definition) is 0. The topological polar surface area (TPSA) is 170 Å². The van der Waals surface area contributed by atoms with E-state index < -0.39 is 27.1 Å². The van der Waals surface area contributed by atoms with Crippen molar-refractivity contribution in [3.05, 3.63) is 271 Å². The van der Waals surface area contributed by atoms with E-state index in [9.17, 15) is 22.0 Å². The molecule has 0 aliphatic rings. The van der Waals surface area contributed by atoms with Gasteiger partial charge in [-0.2, -0.15) is 0 Å². The number of rotatable bonds is 36. The molecular formula is C102H99F5N10O9S5. The van der Waals surface area contributed by atoms with Gasteiger partial charge in [0.2, 0.25) is 6.86 Å². The van der Waals surface area contributed by atoms with E-state index >= 15 is 0 Å². The van der Waals surface area contributed by atoms with Gasteiger partial charge in [0.15, 0.2) is 31.7 Å². The van der Waals surface area contributed by atoms with Crippen LogP contribution < -0.4 is 23.7 Å². The fraction of sp³-hybridized carbons (Fsp3) is 0.265. The van der Waals surface area contributed by atoms with Crippen LogP contribution in [0.5, 0.6) is 28.7 Å². The Morgan fingerprint density at radius 2 is 0.473 bits per heavy atom. The summed E-state index contributed by atoms with van der Waals surface area (Å²) in [4.78, 5) is 28.6. The molecular weight excluding hydrogens is 1760 g/mol. The molecule has 0 aliphatic carbocycles. The summed E-state index contributed by atoms with van der Waals surface area (Å²) in [5.74, 6) is 3.61. The lowest BCUT2D eigenvalue weighted by Gasteiger charge is -2.07. The Bertz CT molecular complexity index is 7090. The highest BCUT2D eigenvalue weighted by Crippen LogP contribution is 2.39. The van der Waals surface area contributed by atoms with Crippen molar-refractivity contribution < 1.29 is 64.6 Å². The Balaban J connectivity index is 0.000000120. The Labute approximate surface area is 774 Å². The van der Waals surface area contributed by atoms with E-state index in [-0.39, 0.29) is 26.5 Å². The third-order valence-electron chi connectivity index (χ3n) is 21.8. The van der Waals surface area contributed by atoms with Crippen molar-refractivity contribution in [2.45, 2.75) is 73.1 Å². The molecule has 676 valence electrons. The normalized spacial score (nSPS) is 11.5. The van der Waals surface area contributed by atoms with E-state index in [4.69, 9.17) is 62.8 Å². The van der Waals surface area contributed by atoms with E-state index in [2.05, 4.69) is 220 Å². The van der Waals surface area contributed by atoms with Crippen molar-refractivity contribution >= 4 is 133 Å². The maximum Gasteiger partial charge on any atom is 0.228 e. The predicted molar refractivity (Wildman–Crippen MR) is 522 cm³/mol. The van der Waals surface area contributed by atoms with E-state index in [0.717, 1.165) is 182 Å². The molecule has 0 radical (unpaired) electrons. The lowest BCUT2D eigenvalue weighted by molar-refractivity contribution is 0.00423. The number of thiazole rings is 5. The van der Waals surface area contributed by atoms with Gasteiger partial charge in [-0.1, -0.05) is 213 Å². The Hall–Kier alpha value is -12.2. The number of aryl methyl sites for hydroxylation is 5. The van der Waals surface area contributed by atoms with Crippen LogP contribution in [0.3, 0.4) is 0 Å². The summed E-state index contributed by atoms with van der Waals surface area (Å²) in [7, 11) is 0. The van der Waals surface area contributed by atoms with Crippen LogP contribution in [0.25, 0.3) is 132 Å². The highest BCUT2D eigenvalue weighted by atomic mass is 32.1. The van der Waals surface area contributed by atoms with Crippen LogP contribution in [0.15, 0.2) is 243 Å². The molecule has 0 saturated carbocycles. The van der Waals surface area contributed by atoms with E-state index in [0.29, 0.717) is 70.8 Å². The van der Waals surface area contributed by atoms with Crippen molar-refractivity contribution in [2.75, 3.05) is 106 Å². The highest BCUT2D eigenvalue weighted by Gasteiger charge is 2.19. The number of hydrogen-bond acceptors (Lipinski definition) is 19. The second-order valence-corrected chi connectivity index (χ2v) is 35.3. The molecule has 20 rings (SSSR count). The van der Waals surface area contributed by atoms with Crippen LogP contribution in [0.4, 0.5) is 22.0 Å². The number of aromatic nitrogens is 10. The first-order chi connectivity index (χ1) is 64.4. The van der Waals surface area contributed by atoms with Gasteiger partial charge in [0, 0.05) is 65.2 Å². The zero-order valence-electron chi connectivity index (χ0n) is 73.2. The molecule has 0 bridgehead atoms. The fourth-order valence-corrected chi connectivity index (χ4v) is 19.8. The summed E-state index contributed by atoms with van der Waals surface area (Å²) < 4.78 is 124. The quantitative estimate of drug-likeness (QED) is 0.0268. The average Bonchev–Trinajstić information content (AvgIpc) is 1.64. The third-order valence-corrected chi connectivity index (χ3v) is 26.9. The average molecular weight is 1860 g/mol. The van der Waals surface area contributed by atoms with Gasteiger partial charge >= 0.3 is 0 Å². The highest BCUT2D eigenvalue weighted by molar-refractivity contribution is 7.25. The molecule has 0 fully saturated rings. The predicted octanol–water partition coefficient (Wildman–Crippen LogP) is 26.0. The first-order valence-corrected chi connectivity index (χ1v) is 47.8. The molecule has 10 heterocycles. The third kappa shape index (κ3) is 22.7. The monoisotopic (exact) mass is 1860 g/mol. The van der Waals surface area contributed by atoms with Crippen LogP contribution in [0.2, 0.25) is 0 Å². The lowest BCUT2D eigenvalue weighted by atomic mass is 10.1. The Morgan fingerprint density at radius 1 is 0.237 bits per heavy atom. The standard InChI is InChI=1S/C23H25FN2O3S.C22H23FN2O3S.C20H19FN2OS.C19H17FN2OS.C18H15FN2OS/c1-2-17-3-5-18(6-4-17)20-16-26-21-8-7-19(15-22(21)30-23(26)25-20)29-14-13-28-12-11-27-10-9-24;1-2-16-3-5-17(6-4-16)19-14-25-20-8-7-18(13-21(20)29-22(25)24-19)28-12-11-26-9-10-27-15-23;1-2-14-4-6-15(7-5-14)17-13-23-18-9-8-16(24-11-3-10-21)12-19(18)25-20(23)22-17;1-2-13-3-5-14(6-4-13)16-12-22-17-8-7-15(23-10-9-20)11-18(17)24-19(22)21-16;1-2-12-3-5-13(6-4-12)15-10-21-16-8-7-14(22-11-19)9-17(16)23-18(21)20-15/h3-8,15-16H,2,9-14H2,1H3;3-8,13-14H,2,9-12,15H2,1H3;4-9,12-13H,2-3,10-11H2,1H3;3-8,11-12H,2,9-10H2,1H3;3-10H,2,11H2,1H3. The minimum atomic E-state index is -0.814. The van der Waals surface area contributed by atoms with Crippen LogP contribution in [0.1, 0.15) is 68.9 Å². The summed E-state index contributed by atoms with van der Waals surface area (Å²) in [6.07, 6.45) is 16.0. The number of fused-ring (bicyclic) bond motifs is 15. The number of benzene rings is 10. The minimum Gasteiger partial charge on any atom is -0.493 e. The summed E-state index contributed by atoms with van der Waals surface area (Å²) in [5, 5.41) is 0. The van der Waals surface area contributed by atoms with Gasteiger partial charge in [-0.05, 0) is 151 Å². The first-order valence-electron chi connectivity index (χ1n) is 43.7. The maximum absolute atomic E-state index is 12.3. The van der Waals surface area contributed by atoms with Gasteiger partial charge in [0.1, 0.15) is 61.9 Å². The summed E-state index contributed by atoms with van der Waals surface area (Å²) in [6, 6.07) is 72.2. The van der Waals surface area contributed by atoms with Gasteiger partial charge in [-0.3, -0.25) is 26.4 Å². The molecule has 29 heteroatoms. The number of ether oxygens (including phenoxy) is 9. The number of alkyl halides is 5. The molecule has 0 spiro atoms. The summed E-state index contributed by atoms with van der Waals surface area (Å²) in [6.45, 7) is 11.7. The van der Waals surface area contributed by atoms with Gasteiger partial charge in [-0.25, -0.2) is 42.5 Å². The van der Waals surface area contributed by atoms with Gasteiger partial charge in [0.05, 0.1) is 139 Å². The minimum absolute atomic E-state index is 0.0892. The molecule has 0 N–H and O–H groups in total. The van der Waals surface area contributed by atoms with Crippen molar-refractivity contribution in [1.82, 2.24) is 46.9 Å². The zero-order valence-corrected chi connectivity index (χ0v) is 77.3. The SMILES string of the molecule is CCc1ccc(-c2cn3c(n2)sc2cc(OCCCF)ccc23)cc1.CCc1ccc(-c2cn3c(n2)sc2cc(OCCF)ccc23)cc1.CCc1ccc(-c2cn3c(n2)sc2cc(OCCOCCOCCF)ccc23)cc1.CCc1ccc(-c2cn3c(n2)sc2cc(OCCOCCOCF)ccc23)cc1.CCc1ccc(-c2cn3c(n2)sc2cc(OCF)ccc23)cc1. The molecule has 0 amide bonds. The Morgan fingerprint density at radius 3 is 0.718 bits per heavy atom. The van der Waals surface area contributed by atoms with Crippen LogP contribution in [-0.4, -0.2) is 153 Å². The van der Waals surface area contributed by atoms with Crippen molar-refractivity contribution in [3.63, 3.8) is 0 Å². The second-order valence-electron chi connectivity index (χ2n) is 30.2. The zero-order chi connectivity index (χ0) is 90.4. The van der Waals surface area contributed by atoms with Crippen molar-refractivity contribution in [1.29, 1.82) is 0 Å². The fourth-order valence-electron chi connectivity index (χ4n) is 14.7. The summed E-state index contributed by atoms with van der Waals surface area (Å²) >= 11 is 8.11. The number of imidazole rings is 5. The molecule has 0 atom stereocenters. The van der Waals surface area contributed by atoms with Crippen LogP contribution >= 0.6 is 56.7 Å². The molecule has 0 unspecified atom stereocenters. The van der Waals surface area contributed by atoms with E-state index in [1.54, 1.807) is 62.8 Å². The van der Waals surface area contributed by atoms with Gasteiger partial charge in [0.25, 0.3) is 0 Å². The smallest absolute Gasteiger partial charge is 0.228 e. The molecule has 10 aromatic heterocycles. The first kappa shape index (κ1) is 92.1. The lowest BCUT2D eigenvalue weighted by Crippen LogP contribution is -2.11. The molecule has 131 heavy (non-hydrogen) atoms. The van der Waals surface area contributed by atoms with Crippen LogP contribution in [0, 0.1) is 0 Å². The second kappa shape index (κ2) is 45.1. The molecule has 0 saturated heterocycles. The largest absolute Gasteiger partial charge is 0.493 e. The van der Waals surface area contributed by atoms with Gasteiger partial charge in [-0.15, -0.1) is 0 Å². The van der Waals surface area contributed by atoms with E-state index in [1.807, 2.05) is 79.0 Å². The van der Waals surface area contributed by atoms with Gasteiger partial charge < -0.3 is 42.6 Å². The van der Waals surface area contributed by atoms with E-state index in [1.165, 1.54) is 27.8 Å². The number of nitrogens with zero attached hydrogens (tertiary/aromatic N) is 10. The number of halogens is 5. The van der Waals surface area contributed by atoms with Crippen molar-refractivity contribution in [3.8, 4) is 85.0 Å². The maximum atomic E-state index is 12.3. The molecule has 10 aromatic carbocycles. The Kier molecular flexibility index (Phi) is 31.7. The molecule has 20 aromatic rings. The summed E-state index contributed by atoms with van der Waals surface area (Å²) in [5.41, 5.74) is 22.6. The van der Waals surface area contributed by atoms with Crippen molar-refractivity contribution in [2.24, 2.45) is 0 Å². The molecule has 0 aliphatic heterocycles.